The summed E-state index contributed by atoms with van der Waals surface area (Å²) in [5.41, 5.74) is 1.91. The third-order valence-corrected chi connectivity index (χ3v) is 3.53. The lowest BCUT2D eigenvalue weighted by atomic mass is 10.2. The van der Waals surface area contributed by atoms with Gasteiger partial charge in [0.1, 0.15) is 11.6 Å². The molecule has 0 spiro atoms. The number of hydrogen-bond donors (Lipinski definition) is 1. The molecule has 0 aliphatic heterocycles. The zero-order chi connectivity index (χ0) is 15.2. The number of nitrogens with zero attached hydrogens (tertiary/aromatic N) is 2. The molecule has 0 unspecified atom stereocenters. The first-order valence-corrected chi connectivity index (χ1v) is 7.28. The van der Waals surface area contributed by atoms with Crippen molar-refractivity contribution < 1.29 is 4.39 Å². The molecule has 21 heavy (non-hydrogen) atoms. The standard InChI is InChI=1S/C16H19ClFN3/c1-3-19-9-13-8-16(20-10-15(13)17)21(2)11-12-5-4-6-14(18)7-12/h4-8,10,19H,3,9,11H2,1-2H3. The van der Waals surface area contributed by atoms with Crippen molar-refractivity contribution in [2.24, 2.45) is 0 Å². The molecule has 5 heteroatoms. The van der Waals surface area contributed by atoms with Crippen molar-refractivity contribution in [1.29, 1.82) is 0 Å². The molecule has 1 N–H and O–H groups in total. The smallest absolute Gasteiger partial charge is 0.128 e. The minimum atomic E-state index is -0.224. The van der Waals surface area contributed by atoms with E-state index in [1.54, 1.807) is 12.3 Å². The van der Waals surface area contributed by atoms with E-state index in [-0.39, 0.29) is 5.82 Å². The van der Waals surface area contributed by atoms with Crippen LogP contribution in [0.3, 0.4) is 0 Å². The Hall–Kier alpha value is -1.65. The lowest BCUT2D eigenvalue weighted by molar-refractivity contribution is 0.625. The molecule has 0 amide bonds. The Kier molecular flexibility index (Phi) is 5.53. The quantitative estimate of drug-likeness (QED) is 0.883. The highest BCUT2D eigenvalue weighted by Gasteiger charge is 2.08. The van der Waals surface area contributed by atoms with Crippen molar-refractivity contribution in [3.63, 3.8) is 0 Å². The fraction of sp³-hybridized carbons (Fsp3) is 0.312. The zero-order valence-corrected chi connectivity index (χ0v) is 13.0. The van der Waals surface area contributed by atoms with Gasteiger partial charge in [-0.15, -0.1) is 0 Å². The largest absolute Gasteiger partial charge is 0.355 e. The summed E-state index contributed by atoms with van der Waals surface area (Å²) in [4.78, 5) is 6.31. The molecule has 0 saturated heterocycles. The van der Waals surface area contributed by atoms with Gasteiger partial charge >= 0.3 is 0 Å². The van der Waals surface area contributed by atoms with Crippen LogP contribution in [0.5, 0.6) is 0 Å². The molecule has 2 aromatic rings. The lowest BCUT2D eigenvalue weighted by Crippen LogP contribution is -2.19. The fourth-order valence-corrected chi connectivity index (χ4v) is 2.23. The lowest BCUT2D eigenvalue weighted by Gasteiger charge is -2.19. The monoisotopic (exact) mass is 307 g/mol. The molecule has 0 saturated carbocycles. The van der Waals surface area contributed by atoms with Crippen LogP contribution in [0, 0.1) is 5.82 Å². The maximum atomic E-state index is 13.2. The van der Waals surface area contributed by atoms with Gasteiger partial charge in [-0.2, -0.15) is 0 Å². The SMILES string of the molecule is CCNCc1cc(N(C)Cc2cccc(F)c2)ncc1Cl. The van der Waals surface area contributed by atoms with Gasteiger partial charge in [0.15, 0.2) is 0 Å². The average Bonchev–Trinajstić information content (AvgIpc) is 2.46. The summed E-state index contributed by atoms with van der Waals surface area (Å²) >= 11 is 6.15. The molecule has 0 fully saturated rings. The molecule has 0 radical (unpaired) electrons. The van der Waals surface area contributed by atoms with E-state index < -0.39 is 0 Å². The van der Waals surface area contributed by atoms with Gasteiger partial charge in [-0.25, -0.2) is 9.37 Å². The Bertz CT molecular complexity index is 604. The number of nitrogens with one attached hydrogen (secondary N) is 1. The summed E-state index contributed by atoms with van der Waals surface area (Å²) in [6.45, 7) is 4.23. The van der Waals surface area contributed by atoms with Crippen molar-refractivity contribution in [2.45, 2.75) is 20.0 Å². The molecular weight excluding hydrogens is 289 g/mol. The van der Waals surface area contributed by atoms with Crippen LogP contribution in [-0.4, -0.2) is 18.6 Å². The predicted octanol–water partition coefficient (Wildman–Crippen LogP) is 3.62. The number of benzene rings is 1. The summed E-state index contributed by atoms with van der Waals surface area (Å²) in [5.74, 6) is 0.592. The van der Waals surface area contributed by atoms with E-state index in [0.29, 0.717) is 18.1 Å². The van der Waals surface area contributed by atoms with Gasteiger partial charge in [-0.1, -0.05) is 30.7 Å². The normalized spacial score (nSPS) is 10.7. The number of rotatable bonds is 6. The van der Waals surface area contributed by atoms with Crippen molar-refractivity contribution in [3.8, 4) is 0 Å². The molecule has 112 valence electrons. The first-order chi connectivity index (χ1) is 10.1. The average molecular weight is 308 g/mol. The number of anilines is 1. The highest BCUT2D eigenvalue weighted by molar-refractivity contribution is 6.31. The van der Waals surface area contributed by atoms with Gasteiger partial charge in [0, 0.05) is 26.3 Å². The third-order valence-electron chi connectivity index (χ3n) is 3.19. The summed E-state index contributed by atoms with van der Waals surface area (Å²) in [7, 11) is 1.93. The van der Waals surface area contributed by atoms with Crippen LogP contribution in [0.1, 0.15) is 18.1 Å². The molecule has 0 aliphatic carbocycles. The molecule has 0 atom stereocenters. The molecular formula is C16H19ClFN3. The second-order valence-corrected chi connectivity index (χ2v) is 5.31. The Morgan fingerprint density at radius 2 is 2.14 bits per heavy atom. The maximum absolute atomic E-state index is 13.2. The number of hydrogen-bond acceptors (Lipinski definition) is 3. The van der Waals surface area contributed by atoms with E-state index >= 15 is 0 Å². The Morgan fingerprint density at radius 1 is 1.33 bits per heavy atom. The van der Waals surface area contributed by atoms with E-state index in [9.17, 15) is 4.39 Å². The first kappa shape index (κ1) is 15.7. The van der Waals surface area contributed by atoms with E-state index in [1.165, 1.54) is 12.1 Å². The summed E-state index contributed by atoms with van der Waals surface area (Å²) in [5, 5.41) is 3.90. The van der Waals surface area contributed by atoms with Crippen LogP contribution in [0.2, 0.25) is 5.02 Å². The predicted molar refractivity (Wildman–Crippen MR) is 85.1 cm³/mol. The maximum Gasteiger partial charge on any atom is 0.128 e. The van der Waals surface area contributed by atoms with Gasteiger partial charge in [0.25, 0.3) is 0 Å². The second kappa shape index (κ2) is 7.38. The third kappa shape index (κ3) is 4.41. The van der Waals surface area contributed by atoms with Crippen molar-refractivity contribution in [2.75, 3.05) is 18.5 Å². The van der Waals surface area contributed by atoms with Crippen molar-refractivity contribution in [3.05, 3.63) is 58.5 Å². The van der Waals surface area contributed by atoms with E-state index in [0.717, 1.165) is 23.5 Å². The molecule has 1 aromatic carbocycles. The van der Waals surface area contributed by atoms with E-state index in [4.69, 9.17) is 11.6 Å². The number of halogens is 2. The van der Waals surface area contributed by atoms with Crippen LogP contribution in [0.15, 0.2) is 36.5 Å². The first-order valence-electron chi connectivity index (χ1n) is 6.91. The molecule has 1 heterocycles. The van der Waals surface area contributed by atoms with Crippen molar-refractivity contribution >= 4 is 17.4 Å². The fourth-order valence-electron chi connectivity index (χ4n) is 2.06. The van der Waals surface area contributed by atoms with Gasteiger partial charge in [0.2, 0.25) is 0 Å². The van der Waals surface area contributed by atoms with Crippen molar-refractivity contribution in [1.82, 2.24) is 10.3 Å². The van der Waals surface area contributed by atoms with Gasteiger partial charge in [-0.3, -0.25) is 0 Å². The topological polar surface area (TPSA) is 28.2 Å². The number of aromatic nitrogens is 1. The molecule has 3 nitrogen and oxygen atoms in total. The number of pyridine rings is 1. The van der Waals surface area contributed by atoms with Crippen LogP contribution in [0.4, 0.5) is 10.2 Å². The molecule has 1 aromatic heterocycles. The highest BCUT2D eigenvalue weighted by Crippen LogP contribution is 2.21. The van der Waals surface area contributed by atoms with E-state index in [2.05, 4.69) is 10.3 Å². The Balaban J connectivity index is 2.13. The van der Waals surface area contributed by atoms with Crippen LogP contribution in [-0.2, 0) is 13.1 Å². The van der Waals surface area contributed by atoms with Crippen LogP contribution in [0.25, 0.3) is 0 Å². The molecule has 0 aliphatic rings. The van der Waals surface area contributed by atoms with Gasteiger partial charge in [-0.05, 0) is 35.9 Å². The summed E-state index contributed by atoms with van der Waals surface area (Å²) < 4.78 is 13.2. The highest BCUT2D eigenvalue weighted by atomic mass is 35.5. The summed E-state index contributed by atoms with van der Waals surface area (Å²) in [6, 6.07) is 8.55. The minimum absolute atomic E-state index is 0.224. The van der Waals surface area contributed by atoms with Crippen LogP contribution < -0.4 is 10.2 Å². The molecule has 2 rings (SSSR count). The molecule has 0 bridgehead atoms. The zero-order valence-electron chi connectivity index (χ0n) is 12.2. The van der Waals surface area contributed by atoms with Crippen LogP contribution >= 0.6 is 11.6 Å². The second-order valence-electron chi connectivity index (χ2n) is 4.90. The van der Waals surface area contributed by atoms with Gasteiger partial charge < -0.3 is 10.2 Å². The minimum Gasteiger partial charge on any atom is -0.355 e. The Morgan fingerprint density at radius 3 is 2.86 bits per heavy atom. The summed E-state index contributed by atoms with van der Waals surface area (Å²) in [6.07, 6.45) is 1.66. The Labute approximate surface area is 129 Å². The van der Waals surface area contributed by atoms with E-state index in [1.807, 2.05) is 31.0 Å². The van der Waals surface area contributed by atoms with Gasteiger partial charge in [0.05, 0.1) is 5.02 Å².